The number of benzene rings is 1. The fourth-order valence-corrected chi connectivity index (χ4v) is 3.55. The van der Waals surface area contributed by atoms with Gasteiger partial charge in [-0.15, -0.1) is 5.10 Å². The molecule has 2 aromatic rings. The van der Waals surface area contributed by atoms with Crippen molar-refractivity contribution in [1.82, 2.24) is 25.5 Å². The lowest BCUT2D eigenvalue weighted by molar-refractivity contribution is -0.120. The molecule has 22 heavy (non-hydrogen) atoms. The van der Waals surface area contributed by atoms with Gasteiger partial charge in [-0.2, -0.15) is 4.68 Å². The molecule has 0 bridgehead atoms. The maximum Gasteiger partial charge on any atom is 0.233 e. The molecule has 0 aliphatic carbocycles. The molecule has 1 saturated heterocycles. The van der Waals surface area contributed by atoms with Crippen molar-refractivity contribution in [3.8, 4) is 5.69 Å². The van der Waals surface area contributed by atoms with Crippen LogP contribution in [0.2, 0.25) is 0 Å². The molecule has 1 N–H and O–H groups in total. The van der Waals surface area contributed by atoms with E-state index in [2.05, 4.69) is 39.0 Å². The Morgan fingerprint density at radius 3 is 3.05 bits per heavy atom. The van der Waals surface area contributed by atoms with Crippen LogP contribution in [0.5, 0.6) is 0 Å². The van der Waals surface area contributed by atoms with Gasteiger partial charge in [-0.1, -0.05) is 30.3 Å². The lowest BCUT2D eigenvalue weighted by Gasteiger charge is -2.13. The molecule has 2 heterocycles. The van der Waals surface area contributed by atoms with Crippen LogP contribution in [-0.4, -0.2) is 37.9 Å². The van der Waals surface area contributed by atoms with Gasteiger partial charge in [-0.3, -0.25) is 4.79 Å². The van der Waals surface area contributed by atoms with Crippen molar-refractivity contribution in [2.45, 2.75) is 43.5 Å². The number of aryl methyl sites for hydroxylation is 2. The maximum absolute atomic E-state index is 12.1. The van der Waals surface area contributed by atoms with E-state index in [1.807, 2.05) is 13.8 Å². The van der Waals surface area contributed by atoms with Gasteiger partial charge < -0.3 is 5.32 Å². The molecule has 116 valence electrons. The molecule has 6 nitrogen and oxygen atoms in total. The van der Waals surface area contributed by atoms with E-state index in [0.29, 0.717) is 5.16 Å². The van der Waals surface area contributed by atoms with E-state index >= 15 is 0 Å². The van der Waals surface area contributed by atoms with E-state index in [0.717, 1.165) is 42.6 Å². The Kier molecular flexibility index (Phi) is 4.42. The molecule has 1 atom stereocenters. The van der Waals surface area contributed by atoms with E-state index in [9.17, 15) is 4.79 Å². The number of carbonyl (C=O) groups is 1. The fraction of sp³-hybridized carbons (Fsp3) is 0.467. The first kappa shape index (κ1) is 15.0. The van der Waals surface area contributed by atoms with E-state index < -0.39 is 0 Å². The van der Waals surface area contributed by atoms with Gasteiger partial charge in [0.25, 0.3) is 0 Å². The highest BCUT2D eigenvalue weighted by atomic mass is 32.2. The van der Waals surface area contributed by atoms with Crippen LogP contribution in [-0.2, 0) is 4.79 Å². The molecule has 1 fully saturated rings. The monoisotopic (exact) mass is 317 g/mol. The summed E-state index contributed by atoms with van der Waals surface area (Å²) < 4.78 is 1.73. The molecule has 1 aliphatic heterocycles. The van der Waals surface area contributed by atoms with Gasteiger partial charge in [-0.05, 0) is 54.3 Å². The number of rotatable bonds is 3. The molecule has 1 aliphatic rings. The highest BCUT2D eigenvalue weighted by Gasteiger charge is 2.25. The molecule has 0 saturated carbocycles. The van der Waals surface area contributed by atoms with Crippen LogP contribution in [0, 0.1) is 13.8 Å². The Labute approximate surface area is 133 Å². The summed E-state index contributed by atoms with van der Waals surface area (Å²) in [6.45, 7) is 4.83. The van der Waals surface area contributed by atoms with Crippen LogP contribution in [0.3, 0.4) is 0 Å². The summed E-state index contributed by atoms with van der Waals surface area (Å²) in [5.41, 5.74) is 3.21. The van der Waals surface area contributed by atoms with Crippen molar-refractivity contribution in [2.24, 2.45) is 0 Å². The predicted octanol–water partition coefficient (Wildman–Crippen LogP) is 2.04. The third-order valence-electron chi connectivity index (χ3n) is 3.77. The lowest BCUT2D eigenvalue weighted by atomic mass is 10.1. The third kappa shape index (κ3) is 3.14. The zero-order valence-corrected chi connectivity index (χ0v) is 13.6. The molecule has 1 aromatic heterocycles. The molecule has 0 radical (unpaired) electrons. The number of thioether (sulfide) groups is 1. The highest BCUT2D eigenvalue weighted by molar-refractivity contribution is 8.00. The SMILES string of the molecule is Cc1ccc(C)c(-n2nnnc2SC2CCCCNC2=O)c1. The smallest absolute Gasteiger partial charge is 0.233 e. The number of hydrogen-bond donors (Lipinski definition) is 1. The van der Waals surface area contributed by atoms with E-state index in [1.54, 1.807) is 4.68 Å². The Hall–Kier alpha value is -1.89. The van der Waals surface area contributed by atoms with Gasteiger partial charge in [0.1, 0.15) is 0 Å². The summed E-state index contributed by atoms with van der Waals surface area (Å²) in [5.74, 6) is 0.0815. The minimum atomic E-state index is -0.127. The summed E-state index contributed by atoms with van der Waals surface area (Å²) in [6.07, 6.45) is 2.93. The van der Waals surface area contributed by atoms with E-state index in [1.165, 1.54) is 11.8 Å². The Morgan fingerprint density at radius 2 is 2.18 bits per heavy atom. The normalized spacial score (nSPS) is 18.8. The Morgan fingerprint density at radius 1 is 1.32 bits per heavy atom. The van der Waals surface area contributed by atoms with Crippen LogP contribution in [0.25, 0.3) is 5.69 Å². The van der Waals surface area contributed by atoms with E-state index in [4.69, 9.17) is 0 Å². The van der Waals surface area contributed by atoms with Gasteiger partial charge in [-0.25, -0.2) is 0 Å². The highest BCUT2D eigenvalue weighted by Crippen LogP contribution is 2.28. The number of hydrogen-bond acceptors (Lipinski definition) is 5. The second kappa shape index (κ2) is 6.48. The second-order valence-corrected chi connectivity index (χ2v) is 6.73. The van der Waals surface area contributed by atoms with Crippen molar-refractivity contribution in [3.05, 3.63) is 29.3 Å². The summed E-state index contributed by atoms with van der Waals surface area (Å²) in [4.78, 5) is 12.1. The molecule has 1 aromatic carbocycles. The fourth-order valence-electron chi connectivity index (χ4n) is 2.50. The topological polar surface area (TPSA) is 72.7 Å². The Bertz CT molecular complexity index is 684. The summed E-state index contributed by atoms with van der Waals surface area (Å²) in [7, 11) is 0. The van der Waals surface area contributed by atoms with Crippen molar-refractivity contribution in [2.75, 3.05) is 6.54 Å². The average molecular weight is 317 g/mol. The van der Waals surface area contributed by atoms with Gasteiger partial charge in [0.05, 0.1) is 10.9 Å². The molecular formula is C15H19N5OS. The zero-order valence-electron chi connectivity index (χ0n) is 12.7. The number of nitrogens with zero attached hydrogens (tertiary/aromatic N) is 4. The largest absolute Gasteiger partial charge is 0.355 e. The zero-order chi connectivity index (χ0) is 15.5. The van der Waals surface area contributed by atoms with Gasteiger partial charge in [0.2, 0.25) is 11.1 Å². The lowest BCUT2D eigenvalue weighted by Crippen LogP contribution is -2.30. The van der Waals surface area contributed by atoms with Crippen LogP contribution < -0.4 is 5.32 Å². The predicted molar refractivity (Wildman–Crippen MR) is 85.1 cm³/mol. The van der Waals surface area contributed by atoms with Gasteiger partial charge in [0.15, 0.2) is 0 Å². The van der Waals surface area contributed by atoms with Gasteiger partial charge >= 0.3 is 0 Å². The quantitative estimate of drug-likeness (QED) is 0.938. The summed E-state index contributed by atoms with van der Waals surface area (Å²) in [6, 6.07) is 6.18. The molecule has 7 heteroatoms. The number of carbonyl (C=O) groups excluding carboxylic acids is 1. The summed E-state index contributed by atoms with van der Waals surface area (Å²) in [5, 5.41) is 15.5. The van der Waals surface area contributed by atoms with Crippen molar-refractivity contribution in [3.63, 3.8) is 0 Å². The standard InChI is InChI=1S/C15H19N5OS/c1-10-6-7-11(2)12(9-10)20-15(17-18-19-20)22-13-5-3-4-8-16-14(13)21/h6-7,9,13H,3-5,8H2,1-2H3,(H,16,21). The maximum atomic E-state index is 12.1. The molecule has 1 unspecified atom stereocenters. The number of nitrogens with one attached hydrogen (secondary N) is 1. The second-order valence-electron chi connectivity index (χ2n) is 5.56. The molecule has 1 amide bonds. The summed E-state index contributed by atoms with van der Waals surface area (Å²) >= 11 is 1.44. The van der Waals surface area contributed by atoms with Crippen LogP contribution >= 0.6 is 11.8 Å². The first-order valence-electron chi connectivity index (χ1n) is 7.45. The van der Waals surface area contributed by atoms with Crippen molar-refractivity contribution >= 4 is 17.7 Å². The minimum Gasteiger partial charge on any atom is -0.355 e. The molecule has 3 rings (SSSR count). The van der Waals surface area contributed by atoms with Gasteiger partial charge in [0, 0.05) is 6.54 Å². The van der Waals surface area contributed by atoms with Crippen molar-refractivity contribution in [1.29, 1.82) is 0 Å². The first-order valence-corrected chi connectivity index (χ1v) is 8.33. The van der Waals surface area contributed by atoms with Crippen LogP contribution in [0.1, 0.15) is 30.4 Å². The van der Waals surface area contributed by atoms with Crippen molar-refractivity contribution < 1.29 is 4.79 Å². The van der Waals surface area contributed by atoms with E-state index in [-0.39, 0.29) is 11.2 Å². The van der Waals surface area contributed by atoms with Crippen LogP contribution in [0.15, 0.2) is 23.4 Å². The number of aromatic nitrogens is 4. The molecular weight excluding hydrogens is 298 g/mol. The first-order chi connectivity index (χ1) is 10.6. The van der Waals surface area contributed by atoms with Crippen LogP contribution in [0.4, 0.5) is 0 Å². The third-order valence-corrected chi connectivity index (χ3v) is 4.97. The minimum absolute atomic E-state index is 0.0815. The Balaban J connectivity index is 1.88. The number of amides is 1. The average Bonchev–Trinajstić information content (AvgIpc) is 2.86. The number of tetrazole rings is 1. The molecule has 0 spiro atoms.